The molecule has 0 aliphatic carbocycles. The largest absolute Gasteiger partial charge is 0.741 e. The van der Waals surface area contributed by atoms with Gasteiger partial charge in [0.2, 0.25) is 14.7 Å². The van der Waals surface area contributed by atoms with Crippen LogP contribution in [0.2, 0.25) is 0 Å². The highest BCUT2D eigenvalue weighted by Crippen LogP contribution is 2.40. The number of hydrogen-bond donors (Lipinski definition) is 0. The van der Waals surface area contributed by atoms with Crippen molar-refractivity contribution in [3.05, 3.63) is 88.8 Å². The number of benzene rings is 3. The van der Waals surface area contributed by atoms with E-state index >= 15 is 0 Å². The minimum Gasteiger partial charge on any atom is -0.741 e. The molecule has 3 aromatic rings. The van der Waals surface area contributed by atoms with Crippen molar-refractivity contribution >= 4 is 21.0 Å². The lowest BCUT2D eigenvalue weighted by molar-refractivity contribution is -0.0517. The molecule has 0 fully saturated rings. The Balaban J connectivity index is 0.000000493. The first-order chi connectivity index (χ1) is 16.3. The summed E-state index contributed by atoms with van der Waals surface area (Å²) in [6.07, 6.45) is 0. The Morgan fingerprint density at radius 3 is 0.833 bits per heavy atom. The molecule has 0 unspecified atom stereocenters. The van der Waals surface area contributed by atoms with Gasteiger partial charge in [-0.05, 0) is 0 Å². The number of hydrogen-bond acceptors (Lipinski definition) is 3. The fourth-order valence-electron chi connectivity index (χ4n) is 2.48. The van der Waals surface area contributed by atoms with Crippen LogP contribution in [0.3, 0.4) is 0 Å². The van der Waals surface area contributed by atoms with Crippen molar-refractivity contribution in [3.8, 4) is 0 Å². The zero-order valence-corrected chi connectivity index (χ0v) is 18.2. The van der Waals surface area contributed by atoms with Gasteiger partial charge in [0.05, 0.1) is 0 Å². The van der Waals surface area contributed by atoms with E-state index < -0.39 is 93.6 Å². The number of rotatable bonds is 3. The molecule has 0 aliphatic heterocycles. The molecule has 0 bridgehead atoms. The standard InChI is InChI=1S/C18H6F9S.CHF3O3S/c19-7-1-10(22)16(11(23)2-7)28(17-12(24)3-8(20)4-13(17)25)18-14(26)5-9(21)6-15(18)27;2-1(3,4)8(5,6)7/h1-6H;(H,5,6,7)/q+1;/p-1. The van der Waals surface area contributed by atoms with Crippen LogP contribution in [0.4, 0.5) is 52.7 Å². The van der Waals surface area contributed by atoms with Gasteiger partial charge < -0.3 is 4.55 Å². The highest BCUT2D eigenvalue weighted by atomic mass is 32.2. The summed E-state index contributed by atoms with van der Waals surface area (Å²) in [5.41, 5.74) is -5.65. The van der Waals surface area contributed by atoms with Crippen molar-refractivity contribution in [2.45, 2.75) is 20.2 Å². The summed E-state index contributed by atoms with van der Waals surface area (Å²) in [5.74, 6) is -14.4. The van der Waals surface area contributed by atoms with Crippen molar-refractivity contribution in [2.24, 2.45) is 0 Å². The summed E-state index contributed by atoms with van der Waals surface area (Å²) in [5, 5.41) is 0. The summed E-state index contributed by atoms with van der Waals surface area (Å²) in [7, 11) is -8.95. The van der Waals surface area contributed by atoms with E-state index in [2.05, 4.69) is 0 Å². The van der Waals surface area contributed by atoms with Gasteiger partial charge in [0.25, 0.3) is 0 Å². The first-order valence-corrected chi connectivity index (χ1v) is 11.2. The second kappa shape index (κ2) is 10.6. The molecule has 0 heterocycles. The average molecular weight is 574 g/mol. The first kappa shape index (κ1) is 29.3. The summed E-state index contributed by atoms with van der Waals surface area (Å²) < 4.78 is 184. The van der Waals surface area contributed by atoms with Gasteiger partial charge in [0, 0.05) is 36.4 Å². The van der Waals surface area contributed by atoms with Gasteiger partial charge in [0.15, 0.2) is 45.0 Å². The van der Waals surface area contributed by atoms with Crippen LogP contribution in [0.25, 0.3) is 0 Å². The van der Waals surface area contributed by atoms with Crippen molar-refractivity contribution < 1.29 is 65.7 Å². The van der Waals surface area contributed by atoms with Crippen molar-refractivity contribution in [1.82, 2.24) is 0 Å². The summed E-state index contributed by atoms with van der Waals surface area (Å²) in [6.45, 7) is 0. The van der Waals surface area contributed by atoms with E-state index in [1.165, 1.54) is 0 Å². The predicted molar refractivity (Wildman–Crippen MR) is 96.9 cm³/mol. The second-order valence-electron chi connectivity index (χ2n) is 6.30. The molecule has 36 heavy (non-hydrogen) atoms. The maximum atomic E-state index is 14.3. The molecule has 0 saturated carbocycles. The van der Waals surface area contributed by atoms with Crippen LogP contribution in [0, 0.1) is 52.4 Å². The van der Waals surface area contributed by atoms with Crippen LogP contribution in [0.5, 0.6) is 0 Å². The highest BCUT2D eigenvalue weighted by Gasteiger charge is 2.45. The molecule has 0 aliphatic rings. The van der Waals surface area contributed by atoms with Crippen LogP contribution in [-0.4, -0.2) is 18.5 Å². The quantitative estimate of drug-likeness (QED) is 0.165. The normalized spacial score (nSPS) is 11.9. The smallest absolute Gasteiger partial charge is 0.485 e. The van der Waals surface area contributed by atoms with E-state index in [1.807, 2.05) is 0 Å². The fraction of sp³-hybridized carbons (Fsp3) is 0.0526. The Bertz CT molecular complexity index is 1200. The monoisotopic (exact) mass is 574 g/mol. The van der Waals surface area contributed by atoms with Crippen molar-refractivity contribution in [2.75, 3.05) is 0 Å². The molecular formula is C19H6F12O3S2. The molecule has 196 valence electrons. The Hall–Kier alpha value is -2.92. The lowest BCUT2D eigenvalue weighted by atomic mass is 10.3. The van der Waals surface area contributed by atoms with E-state index in [4.69, 9.17) is 13.0 Å². The zero-order chi connectivity index (χ0) is 27.7. The molecule has 0 radical (unpaired) electrons. The van der Waals surface area contributed by atoms with Crippen LogP contribution >= 0.6 is 0 Å². The molecule has 0 spiro atoms. The number of alkyl halides is 3. The van der Waals surface area contributed by atoms with Gasteiger partial charge in [-0.1, -0.05) is 0 Å². The Morgan fingerprint density at radius 2 is 0.694 bits per heavy atom. The molecule has 0 N–H and O–H groups in total. The lowest BCUT2D eigenvalue weighted by Gasteiger charge is -2.12. The minimum atomic E-state index is -6.09. The van der Waals surface area contributed by atoms with E-state index in [1.54, 1.807) is 0 Å². The van der Waals surface area contributed by atoms with Gasteiger partial charge in [-0.2, -0.15) is 13.2 Å². The van der Waals surface area contributed by atoms with Crippen LogP contribution in [0.1, 0.15) is 0 Å². The second-order valence-corrected chi connectivity index (χ2v) is 9.51. The molecule has 17 heteroatoms. The van der Waals surface area contributed by atoms with Crippen LogP contribution in [0.15, 0.2) is 51.1 Å². The molecular weight excluding hydrogens is 568 g/mol. The molecule has 3 aromatic carbocycles. The molecule has 0 aromatic heterocycles. The lowest BCUT2D eigenvalue weighted by Crippen LogP contribution is -2.21. The van der Waals surface area contributed by atoms with Gasteiger partial charge >= 0.3 is 5.51 Å². The predicted octanol–water partition coefficient (Wildman–Crippen LogP) is 6.09. The highest BCUT2D eigenvalue weighted by molar-refractivity contribution is 7.97. The molecule has 3 nitrogen and oxygen atoms in total. The summed E-state index contributed by atoms with van der Waals surface area (Å²) in [4.78, 5) is -3.85. The SMILES string of the molecule is Fc1cc(F)c([S+](c2c(F)cc(F)cc2F)c2c(F)cc(F)cc2F)c(F)c1.O=S(=O)([O-])C(F)(F)F. The average Bonchev–Trinajstić information content (AvgIpc) is 2.64. The summed E-state index contributed by atoms with van der Waals surface area (Å²) >= 11 is 0. The van der Waals surface area contributed by atoms with E-state index in [0.717, 1.165) is 0 Å². The van der Waals surface area contributed by atoms with Gasteiger partial charge in [-0.3, -0.25) is 0 Å². The van der Waals surface area contributed by atoms with Crippen LogP contribution < -0.4 is 0 Å². The Labute approximate surface area is 196 Å². The third-order valence-electron chi connectivity index (χ3n) is 3.79. The van der Waals surface area contributed by atoms with Gasteiger partial charge in [-0.15, -0.1) is 0 Å². The Kier molecular flexibility index (Phi) is 8.63. The molecule has 0 atom stereocenters. The van der Waals surface area contributed by atoms with Gasteiger partial charge in [-0.25, -0.2) is 47.9 Å². The van der Waals surface area contributed by atoms with Crippen LogP contribution in [-0.2, 0) is 21.0 Å². The van der Waals surface area contributed by atoms with Crippen molar-refractivity contribution in [1.29, 1.82) is 0 Å². The topological polar surface area (TPSA) is 57.2 Å². The van der Waals surface area contributed by atoms with Gasteiger partial charge in [0.1, 0.15) is 28.3 Å². The fourth-order valence-corrected chi connectivity index (χ4v) is 4.61. The zero-order valence-electron chi connectivity index (χ0n) is 16.5. The van der Waals surface area contributed by atoms with E-state index in [9.17, 15) is 52.7 Å². The molecule has 0 saturated heterocycles. The van der Waals surface area contributed by atoms with E-state index in [0.29, 0.717) is 0 Å². The molecule has 3 rings (SSSR count). The Morgan fingerprint density at radius 1 is 0.528 bits per heavy atom. The molecule has 0 amide bonds. The third-order valence-corrected chi connectivity index (χ3v) is 6.75. The first-order valence-electron chi connectivity index (χ1n) is 8.55. The van der Waals surface area contributed by atoms with E-state index in [-0.39, 0.29) is 36.4 Å². The third kappa shape index (κ3) is 6.44. The van der Waals surface area contributed by atoms with Crippen molar-refractivity contribution in [3.63, 3.8) is 0 Å². The maximum Gasteiger partial charge on any atom is 0.485 e. The minimum absolute atomic E-state index is 0.136. The maximum absolute atomic E-state index is 14.3. The number of halogens is 12. The summed E-state index contributed by atoms with van der Waals surface area (Å²) in [6, 6.07) is 0.816.